The zero-order chi connectivity index (χ0) is 20.3. The standard InChI is InChI=1S/C22H28N2O3S/c1-15-7-11-19(12-8-15)23-22(25)18-9-13-20(14-10-18)28(26,27)24-21-6-4-5-16(2)17(21)3/h4-6,9-10,13-15,19,24H,7-8,11-12H2,1-3H3,(H,23,25). The van der Waals surface area contributed by atoms with Crippen LogP contribution in [0.1, 0.15) is 54.1 Å². The average Bonchev–Trinajstić information content (AvgIpc) is 2.67. The van der Waals surface area contributed by atoms with E-state index in [2.05, 4.69) is 17.0 Å². The number of hydrogen-bond donors (Lipinski definition) is 2. The molecule has 2 aromatic carbocycles. The maximum Gasteiger partial charge on any atom is 0.261 e. The first-order valence-corrected chi connectivity index (χ1v) is 11.2. The Kier molecular flexibility index (Phi) is 6.08. The minimum atomic E-state index is -3.71. The van der Waals surface area contributed by atoms with Gasteiger partial charge in [0.25, 0.3) is 15.9 Å². The van der Waals surface area contributed by atoms with Crippen LogP contribution >= 0.6 is 0 Å². The summed E-state index contributed by atoms with van der Waals surface area (Å²) in [5, 5.41) is 3.06. The summed E-state index contributed by atoms with van der Waals surface area (Å²) < 4.78 is 28.0. The van der Waals surface area contributed by atoms with Crippen LogP contribution in [-0.2, 0) is 10.0 Å². The number of sulfonamides is 1. The number of rotatable bonds is 5. The van der Waals surface area contributed by atoms with E-state index in [1.807, 2.05) is 26.0 Å². The molecule has 2 N–H and O–H groups in total. The van der Waals surface area contributed by atoms with E-state index in [0.717, 1.165) is 42.7 Å². The second-order valence-corrected chi connectivity index (χ2v) is 9.49. The molecule has 5 nitrogen and oxygen atoms in total. The molecule has 150 valence electrons. The molecule has 1 aliphatic rings. The van der Waals surface area contributed by atoms with Crippen LogP contribution in [-0.4, -0.2) is 20.4 Å². The van der Waals surface area contributed by atoms with Crippen LogP contribution in [0.4, 0.5) is 5.69 Å². The molecular weight excluding hydrogens is 372 g/mol. The highest BCUT2D eigenvalue weighted by Gasteiger charge is 2.21. The van der Waals surface area contributed by atoms with E-state index >= 15 is 0 Å². The van der Waals surface area contributed by atoms with E-state index in [1.165, 1.54) is 12.1 Å². The fraction of sp³-hybridized carbons (Fsp3) is 0.409. The van der Waals surface area contributed by atoms with Gasteiger partial charge in [0.2, 0.25) is 0 Å². The molecule has 1 fully saturated rings. The van der Waals surface area contributed by atoms with E-state index in [0.29, 0.717) is 11.3 Å². The first-order chi connectivity index (χ1) is 13.3. The number of hydrogen-bond acceptors (Lipinski definition) is 3. The lowest BCUT2D eigenvalue weighted by Crippen LogP contribution is -2.37. The van der Waals surface area contributed by atoms with E-state index in [1.54, 1.807) is 18.2 Å². The van der Waals surface area contributed by atoms with Gasteiger partial charge in [-0.1, -0.05) is 19.1 Å². The summed E-state index contributed by atoms with van der Waals surface area (Å²) in [4.78, 5) is 12.6. The van der Waals surface area contributed by atoms with Crippen LogP contribution in [0, 0.1) is 19.8 Å². The van der Waals surface area contributed by atoms with E-state index in [9.17, 15) is 13.2 Å². The molecule has 1 saturated carbocycles. The van der Waals surface area contributed by atoms with Gasteiger partial charge >= 0.3 is 0 Å². The molecule has 1 amide bonds. The fourth-order valence-electron chi connectivity index (χ4n) is 3.52. The third-order valence-electron chi connectivity index (χ3n) is 5.63. The van der Waals surface area contributed by atoms with E-state index in [4.69, 9.17) is 0 Å². The average molecular weight is 401 g/mol. The number of carbonyl (C=O) groups is 1. The van der Waals surface area contributed by atoms with Gasteiger partial charge < -0.3 is 5.32 Å². The monoisotopic (exact) mass is 400 g/mol. The zero-order valence-electron chi connectivity index (χ0n) is 16.7. The molecule has 0 radical (unpaired) electrons. The first kappa shape index (κ1) is 20.4. The van der Waals surface area contributed by atoms with Gasteiger partial charge in [-0.15, -0.1) is 0 Å². The molecule has 28 heavy (non-hydrogen) atoms. The third-order valence-corrected chi connectivity index (χ3v) is 7.01. The van der Waals surface area contributed by atoms with Gasteiger partial charge in [-0.05, 0) is 86.9 Å². The van der Waals surface area contributed by atoms with Crippen molar-refractivity contribution in [2.75, 3.05) is 4.72 Å². The molecule has 0 saturated heterocycles. The maximum absolute atomic E-state index is 12.7. The van der Waals surface area contributed by atoms with Crippen molar-refractivity contribution in [3.8, 4) is 0 Å². The normalized spacial score (nSPS) is 19.8. The van der Waals surface area contributed by atoms with Gasteiger partial charge in [0.1, 0.15) is 0 Å². The van der Waals surface area contributed by atoms with E-state index in [-0.39, 0.29) is 16.8 Å². The van der Waals surface area contributed by atoms with Gasteiger partial charge in [0.15, 0.2) is 0 Å². The highest BCUT2D eigenvalue weighted by Crippen LogP contribution is 2.24. The van der Waals surface area contributed by atoms with Crippen molar-refractivity contribution in [3.63, 3.8) is 0 Å². The number of nitrogens with one attached hydrogen (secondary N) is 2. The van der Waals surface area contributed by atoms with Crippen LogP contribution in [0.2, 0.25) is 0 Å². The quantitative estimate of drug-likeness (QED) is 0.780. The Hall–Kier alpha value is -2.34. The molecule has 1 aliphatic carbocycles. The molecular formula is C22H28N2O3S. The predicted molar refractivity (Wildman–Crippen MR) is 112 cm³/mol. The number of aryl methyl sites for hydroxylation is 1. The molecule has 2 aromatic rings. The molecule has 0 unspecified atom stereocenters. The van der Waals surface area contributed by atoms with Crippen molar-refractivity contribution < 1.29 is 13.2 Å². The van der Waals surface area contributed by atoms with Crippen molar-refractivity contribution >= 4 is 21.6 Å². The highest BCUT2D eigenvalue weighted by molar-refractivity contribution is 7.92. The predicted octanol–water partition coefficient (Wildman–Crippen LogP) is 4.41. The molecule has 0 spiro atoms. The van der Waals surface area contributed by atoms with Gasteiger partial charge in [-0.3, -0.25) is 9.52 Å². The summed E-state index contributed by atoms with van der Waals surface area (Å²) in [6.07, 6.45) is 4.26. The molecule has 0 atom stereocenters. The lowest BCUT2D eigenvalue weighted by atomic mass is 9.87. The van der Waals surface area contributed by atoms with Gasteiger partial charge in [-0.25, -0.2) is 8.42 Å². The smallest absolute Gasteiger partial charge is 0.261 e. The Morgan fingerprint density at radius 1 is 0.964 bits per heavy atom. The molecule has 0 bridgehead atoms. The van der Waals surface area contributed by atoms with Crippen LogP contribution < -0.4 is 10.0 Å². The van der Waals surface area contributed by atoms with Crippen LogP contribution in [0.5, 0.6) is 0 Å². The van der Waals surface area contributed by atoms with Gasteiger partial charge in [-0.2, -0.15) is 0 Å². The Bertz CT molecular complexity index is 944. The lowest BCUT2D eigenvalue weighted by Gasteiger charge is -2.26. The van der Waals surface area contributed by atoms with Crippen LogP contribution in [0.25, 0.3) is 0 Å². The van der Waals surface area contributed by atoms with Crippen molar-refractivity contribution in [2.45, 2.75) is 57.4 Å². The van der Waals surface area contributed by atoms with Crippen molar-refractivity contribution in [1.82, 2.24) is 5.32 Å². The lowest BCUT2D eigenvalue weighted by molar-refractivity contribution is 0.0923. The Morgan fingerprint density at radius 3 is 2.25 bits per heavy atom. The van der Waals surface area contributed by atoms with Crippen molar-refractivity contribution in [3.05, 3.63) is 59.2 Å². The number of anilines is 1. The molecule has 6 heteroatoms. The minimum absolute atomic E-state index is 0.136. The molecule has 0 heterocycles. The highest BCUT2D eigenvalue weighted by atomic mass is 32.2. The number of carbonyl (C=O) groups excluding carboxylic acids is 1. The second kappa shape index (κ2) is 8.35. The van der Waals surface area contributed by atoms with Gasteiger partial charge in [0.05, 0.1) is 10.6 Å². The largest absolute Gasteiger partial charge is 0.349 e. The Balaban J connectivity index is 1.69. The Morgan fingerprint density at radius 2 is 1.61 bits per heavy atom. The number of amides is 1. The summed E-state index contributed by atoms with van der Waals surface area (Å²) in [6, 6.07) is 11.8. The Labute approximate surface area is 167 Å². The molecule has 0 aliphatic heterocycles. The zero-order valence-corrected chi connectivity index (χ0v) is 17.5. The maximum atomic E-state index is 12.7. The van der Waals surface area contributed by atoms with Crippen LogP contribution in [0.15, 0.2) is 47.4 Å². The summed E-state index contributed by atoms with van der Waals surface area (Å²) >= 11 is 0. The number of benzene rings is 2. The van der Waals surface area contributed by atoms with Crippen molar-refractivity contribution in [1.29, 1.82) is 0 Å². The molecule has 3 rings (SSSR count). The second-order valence-electron chi connectivity index (χ2n) is 7.81. The molecule has 0 aromatic heterocycles. The SMILES string of the molecule is Cc1cccc(NS(=O)(=O)c2ccc(C(=O)NC3CCC(C)CC3)cc2)c1C. The summed E-state index contributed by atoms with van der Waals surface area (Å²) in [5.74, 6) is 0.577. The van der Waals surface area contributed by atoms with Gasteiger partial charge in [0, 0.05) is 11.6 Å². The van der Waals surface area contributed by atoms with E-state index < -0.39 is 10.0 Å². The van der Waals surface area contributed by atoms with Crippen LogP contribution in [0.3, 0.4) is 0 Å². The fourth-order valence-corrected chi connectivity index (χ4v) is 4.65. The summed E-state index contributed by atoms with van der Waals surface area (Å²) in [7, 11) is -3.71. The third kappa shape index (κ3) is 4.73. The first-order valence-electron chi connectivity index (χ1n) is 9.76. The summed E-state index contributed by atoms with van der Waals surface area (Å²) in [6.45, 7) is 6.06. The topological polar surface area (TPSA) is 75.3 Å². The van der Waals surface area contributed by atoms with Crippen molar-refractivity contribution in [2.24, 2.45) is 5.92 Å². The summed E-state index contributed by atoms with van der Waals surface area (Å²) in [5.41, 5.74) is 2.95. The minimum Gasteiger partial charge on any atom is -0.349 e.